The Bertz CT molecular complexity index is 638. The first kappa shape index (κ1) is 14.8. The molecule has 2 rings (SSSR count). The van der Waals surface area contributed by atoms with Gasteiger partial charge in [0.1, 0.15) is 0 Å². The van der Waals surface area contributed by atoms with E-state index in [-0.39, 0.29) is 0 Å². The molecule has 2 aromatic rings. The van der Waals surface area contributed by atoms with Gasteiger partial charge in [0.15, 0.2) is 0 Å². The largest absolute Gasteiger partial charge is 0.333 e. The first-order valence-corrected chi connectivity index (χ1v) is 6.74. The number of para-hydroxylation sites is 1. The minimum Gasteiger partial charge on any atom is -0.333 e. The molecule has 108 valence electrons. The number of rotatable bonds is 3. The highest BCUT2D eigenvalue weighted by Gasteiger charge is 2.19. The Kier molecular flexibility index (Phi) is 4.72. The summed E-state index contributed by atoms with van der Waals surface area (Å²) in [6.45, 7) is 2.29. The van der Waals surface area contributed by atoms with Crippen LogP contribution in [0.1, 0.15) is 11.1 Å². The van der Waals surface area contributed by atoms with Crippen molar-refractivity contribution in [3.8, 4) is 0 Å². The van der Waals surface area contributed by atoms with Gasteiger partial charge in [0.05, 0.1) is 0 Å². The number of hydrogen-bond acceptors (Lipinski definition) is 2. The summed E-state index contributed by atoms with van der Waals surface area (Å²) in [6, 6.07) is 16.9. The highest BCUT2D eigenvalue weighted by atomic mass is 16.2. The van der Waals surface area contributed by atoms with Crippen LogP contribution in [0.5, 0.6) is 0 Å². The van der Waals surface area contributed by atoms with Crippen LogP contribution in [0, 0.1) is 6.92 Å². The Morgan fingerprint density at radius 1 is 1.00 bits per heavy atom. The van der Waals surface area contributed by atoms with Gasteiger partial charge in [0.25, 0.3) is 0 Å². The Morgan fingerprint density at radius 3 is 2.29 bits per heavy atom. The van der Waals surface area contributed by atoms with Crippen molar-refractivity contribution in [1.82, 2.24) is 4.90 Å². The number of carbonyl (C=O) groups is 2. The molecule has 0 spiro atoms. The number of anilines is 1. The zero-order valence-corrected chi connectivity index (χ0v) is 12.2. The number of likely N-dealkylation sites (N-methyl/N-ethyl adjacent to an activating group) is 1. The molecule has 0 saturated carbocycles. The van der Waals surface area contributed by atoms with Gasteiger partial charge in [-0.1, -0.05) is 48.5 Å². The third kappa shape index (κ3) is 3.92. The molecular formula is C17H18N2O2. The van der Waals surface area contributed by atoms with Gasteiger partial charge >= 0.3 is 11.8 Å². The second-order valence-electron chi connectivity index (χ2n) is 4.92. The second kappa shape index (κ2) is 6.70. The van der Waals surface area contributed by atoms with Crippen LogP contribution in [-0.2, 0) is 16.1 Å². The first-order chi connectivity index (χ1) is 10.1. The molecular weight excluding hydrogens is 264 g/mol. The molecule has 2 aromatic carbocycles. The molecule has 0 bridgehead atoms. The normalized spacial score (nSPS) is 10.0. The van der Waals surface area contributed by atoms with E-state index in [1.165, 1.54) is 4.90 Å². The number of amides is 2. The van der Waals surface area contributed by atoms with Gasteiger partial charge in [-0.15, -0.1) is 0 Å². The van der Waals surface area contributed by atoms with Crippen LogP contribution >= 0.6 is 0 Å². The molecule has 4 nitrogen and oxygen atoms in total. The Morgan fingerprint density at radius 2 is 1.62 bits per heavy atom. The Hall–Kier alpha value is -2.62. The number of hydrogen-bond donors (Lipinski definition) is 1. The lowest BCUT2D eigenvalue weighted by molar-refractivity contribution is -0.142. The Labute approximate surface area is 124 Å². The Balaban J connectivity index is 1.99. The van der Waals surface area contributed by atoms with Crippen LogP contribution in [0.15, 0.2) is 54.6 Å². The number of aryl methyl sites for hydroxylation is 1. The average molecular weight is 282 g/mol. The molecule has 0 aliphatic carbocycles. The van der Waals surface area contributed by atoms with E-state index < -0.39 is 11.8 Å². The molecule has 0 aliphatic rings. The van der Waals surface area contributed by atoms with E-state index >= 15 is 0 Å². The molecule has 4 heteroatoms. The predicted molar refractivity (Wildman–Crippen MR) is 82.7 cm³/mol. The van der Waals surface area contributed by atoms with Crippen molar-refractivity contribution < 1.29 is 9.59 Å². The fraction of sp³-hybridized carbons (Fsp3) is 0.176. The van der Waals surface area contributed by atoms with Crippen LogP contribution in [-0.4, -0.2) is 23.8 Å². The number of nitrogens with zero attached hydrogens (tertiary/aromatic N) is 1. The van der Waals surface area contributed by atoms with Crippen molar-refractivity contribution in [3.05, 3.63) is 65.7 Å². The minimum absolute atomic E-state index is 0.404. The summed E-state index contributed by atoms with van der Waals surface area (Å²) in [7, 11) is 1.62. The van der Waals surface area contributed by atoms with Crippen molar-refractivity contribution in [2.45, 2.75) is 13.5 Å². The third-order valence-electron chi connectivity index (χ3n) is 3.20. The maximum absolute atomic E-state index is 12.1. The van der Waals surface area contributed by atoms with Crippen molar-refractivity contribution in [1.29, 1.82) is 0 Å². The molecule has 0 saturated heterocycles. The quantitative estimate of drug-likeness (QED) is 0.880. The summed E-state index contributed by atoms with van der Waals surface area (Å²) >= 11 is 0. The van der Waals surface area contributed by atoms with Crippen molar-refractivity contribution in [3.63, 3.8) is 0 Å². The summed E-state index contributed by atoms with van der Waals surface area (Å²) in [4.78, 5) is 25.5. The molecule has 1 N–H and O–H groups in total. The summed E-state index contributed by atoms with van der Waals surface area (Å²) in [5.41, 5.74) is 2.56. The number of nitrogens with one attached hydrogen (secondary N) is 1. The molecule has 0 radical (unpaired) electrons. The van der Waals surface area contributed by atoms with Crippen LogP contribution in [0.2, 0.25) is 0 Å². The van der Waals surface area contributed by atoms with Crippen LogP contribution < -0.4 is 5.32 Å². The molecule has 2 amide bonds. The van der Waals surface area contributed by atoms with E-state index in [1.807, 2.05) is 55.5 Å². The number of carbonyl (C=O) groups excluding carboxylic acids is 2. The molecule has 0 atom stereocenters. The van der Waals surface area contributed by atoms with Crippen LogP contribution in [0.25, 0.3) is 0 Å². The van der Waals surface area contributed by atoms with Crippen LogP contribution in [0.4, 0.5) is 5.69 Å². The van der Waals surface area contributed by atoms with Gasteiger partial charge in [-0.2, -0.15) is 0 Å². The summed E-state index contributed by atoms with van der Waals surface area (Å²) in [5.74, 6) is -1.18. The van der Waals surface area contributed by atoms with Crippen molar-refractivity contribution in [2.24, 2.45) is 0 Å². The van der Waals surface area contributed by atoms with Crippen LogP contribution in [0.3, 0.4) is 0 Å². The maximum atomic E-state index is 12.1. The SMILES string of the molecule is Cc1ccccc1NC(=O)C(=O)N(C)Cc1ccccc1. The standard InChI is InChI=1S/C17H18N2O2/c1-13-8-6-7-11-15(13)18-16(20)17(21)19(2)12-14-9-4-3-5-10-14/h3-11H,12H2,1-2H3,(H,18,20). The van der Waals surface area contributed by atoms with Gasteiger partial charge in [0.2, 0.25) is 0 Å². The molecule has 0 aromatic heterocycles. The number of benzene rings is 2. The average Bonchev–Trinajstić information content (AvgIpc) is 2.49. The lowest BCUT2D eigenvalue weighted by atomic mass is 10.2. The van der Waals surface area contributed by atoms with E-state index in [0.717, 1.165) is 11.1 Å². The summed E-state index contributed by atoms with van der Waals surface area (Å²) in [5, 5.41) is 2.65. The summed E-state index contributed by atoms with van der Waals surface area (Å²) < 4.78 is 0. The van der Waals surface area contributed by atoms with E-state index in [2.05, 4.69) is 5.32 Å². The van der Waals surface area contributed by atoms with Gasteiger partial charge in [-0.25, -0.2) is 0 Å². The van der Waals surface area contributed by atoms with E-state index in [0.29, 0.717) is 12.2 Å². The minimum atomic E-state index is -0.622. The molecule has 21 heavy (non-hydrogen) atoms. The van der Waals surface area contributed by atoms with Crippen molar-refractivity contribution >= 4 is 17.5 Å². The third-order valence-corrected chi connectivity index (χ3v) is 3.20. The fourth-order valence-electron chi connectivity index (χ4n) is 1.99. The van der Waals surface area contributed by atoms with Gasteiger partial charge in [-0.3, -0.25) is 9.59 Å². The summed E-state index contributed by atoms with van der Waals surface area (Å²) in [6.07, 6.45) is 0. The molecule has 0 fully saturated rings. The van der Waals surface area contributed by atoms with Gasteiger partial charge in [-0.05, 0) is 24.1 Å². The highest BCUT2D eigenvalue weighted by Crippen LogP contribution is 2.13. The van der Waals surface area contributed by atoms with Crippen molar-refractivity contribution in [2.75, 3.05) is 12.4 Å². The predicted octanol–water partition coefficient (Wildman–Crippen LogP) is 2.59. The topological polar surface area (TPSA) is 49.4 Å². The zero-order chi connectivity index (χ0) is 15.2. The zero-order valence-electron chi connectivity index (χ0n) is 12.2. The van der Waals surface area contributed by atoms with Gasteiger partial charge in [0, 0.05) is 19.3 Å². The van der Waals surface area contributed by atoms with E-state index in [1.54, 1.807) is 13.1 Å². The lowest BCUT2D eigenvalue weighted by Gasteiger charge is -2.17. The fourth-order valence-corrected chi connectivity index (χ4v) is 1.99. The molecule has 0 unspecified atom stereocenters. The second-order valence-corrected chi connectivity index (χ2v) is 4.92. The smallest absolute Gasteiger partial charge is 0.313 e. The monoisotopic (exact) mass is 282 g/mol. The van der Waals surface area contributed by atoms with E-state index in [9.17, 15) is 9.59 Å². The highest BCUT2D eigenvalue weighted by molar-refractivity contribution is 6.39. The van der Waals surface area contributed by atoms with E-state index in [4.69, 9.17) is 0 Å². The van der Waals surface area contributed by atoms with Gasteiger partial charge < -0.3 is 10.2 Å². The molecule has 0 aliphatic heterocycles. The first-order valence-electron chi connectivity index (χ1n) is 6.74. The molecule has 0 heterocycles. The lowest BCUT2D eigenvalue weighted by Crippen LogP contribution is -2.36. The maximum Gasteiger partial charge on any atom is 0.313 e.